The van der Waals surface area contributed by atoms with E-state index in [1.54, 1.807) is 6.20 Å². The molecular weight excluding hydrogens is 506 g/mol. The molecule has 4 rings (SSSR count). The van der Waals surface area contributed by atoms with Crippen molar-refractivity contribution in [3.05, 3.63) is 82.7 Å². The Morgan fingerprint density at radius 1 is 0.923 bits per heavy atom. The van der Waals surface area contributed by atoms with Crippen LogP contribution in [0.5, 0.6) is 0 Å². The number of aromatic nitrogens is 2. The third-order valence-electron chi connectivity index (χ3n) is 6.87. The van der Waals surface area contributed by atoms with E-state index in [0.717, 1.165) is 61.7 Å². The largest absolute Gasteiger partial charge is 0.394 e. The molecule has 0 radical (unpaired) electrons. The number of rotatable bonds is 12. The molecule has 8 heteroatoms. The average molecular weight is 546 g/mol. The zero-order valence-electron chi connectivity index (χ0n) is 23.3. The minimum Gasteiger partial charge on any atom is -0.394 e. The Labute approximate surface area is 238 Å². The number of likely N-dealkylation sites (N-methyl/N-ethyl adjacent to an activating group) is 1. The van der Waals surface area contributed by atoms with Crippen molar-refractivity contribution in [2.24, 2.45) is 0 Å². The summed E-state index contributed by atoms with van der Waals surface area (Å²) in [4.78, 5) is 14.4. The van der Waals surface area contributed by atoms with Gasteiger partial charge in [0.25, 0.3) is 0 Å². The third-order valence-corrected chi connectivity index (χ3v) is 7.09. The number of hydrogen-bond donors (Lipinski definition) is 3. The van der Waals surface area contributed by atoms with Crippen molar-refractivity contribution in [3.63, 3.8) is 0 Å². The molecule has 0 bridgehead atoms. The molecule has 0 amide bonds. The maximum Gasteiger partial charge on any atom is 0.140 e. The summed E-state index contributed by atoms with van der Waals surface area (Å²) in [5, 5.41) is 10.6. The molecule has 2 aromatic heterocycles. The summed E-state index contributed by atoms with van der Waals surface area (Å²) in [6, 6.07) is 14.4. The normalized spacial score (nSPS) is 14.8. The van der Waals surface area contributed by atoms with Crippen molar-refractivity contribution in [2.45, 2.75) is 26.7 Å². The minimum atomic E-state index is 0.594. The second kappa shape index (κ2) is 14.7. The Hall–Kier alpha value is -3.39. The van der Waals surface area contributed by atoms with Gasteiger partial charge in [0.2, 0.25) is 0 Å². The summed E-state index contributed by atoms with van der Waals surface area (Å²) in [6.07, 6.45) is 11.9. The van der Waals surface area contributed by atoms with Crippen LogP contribution in [0.25, 0.3) is 12.2 Å². The Morgan fingerprint density at radius 3 is 2.36 bits per heavy atom. The molecule has 1 aromatic carbocycles. The van der Waals surface area contributed by atoms with Gasteiger partial charge in [-0.05, 0) is 73.1 Å². The zero-order valence-corrected chi connectivity index (χ0v) is 24.0. The SMILES string of the molecule is CC/C=C/c1c(/C=C\NC)cc(Nc2ccc(Cl)cn2)nc1Nc1ccc(CCN2CCN(CC)CC2)cc1. The second-order valence-electron chi connectivity index (χ2n) is 9.63. The van der Waals surface area contributed by atoms with E-state index in [9.17, 15) is 0 Å². The highest BCUT2D eigenvalue weighted by Crippen LogP contribution is 2.29. The molecule has 206 valence electrons. The lowest BCUT2D eigenvalue weighted by Crippen LogP contribution is -2.46. The number of nitrogens with one attached hydrogen (secondary N) is 3. The molecule has 1 saturated heterocycles. The van der Waals surface area contributed by atoms with Crippen molar-refractivity contribution in [2.75, 3.05) is 56.9 Å². The molecule has 0 unspecified atom stereocenters. The van der Waals surface area contributed by atoms with Gasteiger partial charge in [-0.3, -0.25) is 0 Å². The predicted octanol–water partition coefficient (Wildman–Crippen LogP) is 6.41. The van der Waals surface area contributed by atoms with E-state index >= 15 is 0 Å². The number of anilines is 4. The van der Waals surface area contributed by atoms with Gasteiger partial charge in [-0.1, -0.05) is 49.7 Å². The molecular formula is C31H40ClN7. The van der Waals surface area contributed by atoms with Gasteiger partial charge in [0.1, 0.15) is 17.5 Å². The van der Waals surface area contributed by atoms with Gasteiger partial charge in [-0.2, -0.15) is 0 Å². The fraction of sp³-hybridized carbons (Fsp3) is 0.355. The van der Waals surface area contributed by atoms with E-state index in [0.29, 0.717) is 16.7 Å². The summed E-state index contributed by atoms with van der Waals surface area (Å²) >= 11 is 6.02. The lowest BCUT2D eigenvalue weighted by molar-refractivity contribution is 0.138. The Morgan fingerprint density at radius 2 is 1.69 bits per heavy atom. The van der Waals surface area contributed by atoms with E-state index in [1.807, 2.05) is 37.5 Å². The molecule has 0 saturated carbocycles. The third kappa shape index (κ3) is 8.55. The first-order valence-corrected chi connectivity index (χ1v) is 14.2. The number of pyridine rings is 2. The molecule has 0 spiro atoms. The van der Waals surface area contributed by atoms with Crippen LogP contribution in [0, 0.1) is 0 Å². The summed E-state index contributed by atoms with van der Waals surface area (Å²) in [5.41, 5.74) is 4.40. The number of nitrogens with zero attached hydrogens (tertiary/aromatic N) is 4. The monoisotopic (exact) mass is 545 g/mol. The number of piperazine rings is 1. The molecule has 1 aliphatic rings. The Balaban J connectivity index is 1.52. The number of benzene rings is 1. The fourth-order valence-corrected chi connectivity index (χ4v) is 4.66. The van der Waals surface area contributed by atoms with Crippen LogP contribution >= 0.6 is 11.6 Å². The van der Waals surface area contributed by atoms with Gasteiger partial charge < -0.3 is 25.8 Å². The standard InChI is InChI=1S/C31H40ClN7/c1-4-6-7-28-25(14-16-33-3)22-30(36-29-13-10-26(32)23-34-29)37-31(28)35-27-11-8-24(9-12-27)15-17-39-20-18-38(5-2)19-21-39/h6-14,16,22-23,33H,4-5,15,17-21H2,1-3H3,(H2,34,35,36,37)/b7-6+,16-14-. The second-order valence-corrected chi connectivity index (χ2v) is 10.1. The molecule has 1 aliphatic heterocycles. The van der Waals surface area contributed by atoms with Crippen LogP contribution in [-0.2, 0) is 6.42 Å². The van der Waals surface area contributed by atoms with Crippen molar-refractivity contribution in [1.82, 2.24) is 25.1 Å². The highest BCUT2D eigenvalue weighted by atomic mass is 35.5. The minimum absolute atomic E-state index is 0.594. The average Bonchev–Trinajstić information content (AvgIpc) is 2.96. The van der Waals surface area contributed by atoms with Crippen LogP contribution in [-0.4, -0.2) is 66.1 Å². The van der Waals surface area contributed by atoms with Crippen LogP contribution < -0.4 is 16.0 Å². The summed E-state index contributed by atoms with van der Waals surface area (Å²) < 4.78 is 0. The maximum atomic E-state index is 6.02. The van der Waals surface area contributed by atoms with E-state index in [2.05, 4.69) is 81.0 Å². The number of halogens is 1. The molecule has 3 heterocycles. The van der Waals surface area contributed by atoms with E-state index in [4.69, 9.17) is 16.6 Å². The van der Waals surface area contributed by atoms with Gasteiger partial charge in [0.05, 0.1) is 5.02 Å². The number of allylic oxidation sites excluding steroid dienone is 1. The molecule has 3 aromatic rings. The first-order chi connectivity index (χ1) is 19.1. The first-order valence-electron chi connectivity index (χ1n) is 13.8. The summed E-state index contributed by atoms with van der Waals surface area (Å²) in [5.74, 6) is 2.14. The highest BCUT2D eigenvalue weighted by molar-refractivity contribution is 6.30. The molecule has 39 heavy (non-hydrogen) atoms. The summed E-state index contributed by atoms with van der Waals surface area (Å²) in [6.45, 7) is 11.3. The molecule has 7 nitrogen and oxygen atoms in total. The van der Waals surface area contributed by atoms with Crippen LogP contribution in [0.4, 0.5) is 23.1 Å². The fourth-order valence-electron chi connectivity index (χ4n) is 4.54. The molecule has 3 N–H and O–H groups in total. The Bertz CT molecular complexity index is 1230. The maximum absolute atomic E-state index is 6.02. The predicted molar refractivity (Wildman–Crippen MR) is 166 cm³/mol. The van der Waals surface area contributed by atoms with Crippen LogP contribution in [0.1, 0.15) is 37.0 Å². The first kappa shape index (κ1) is 28.6. The van der Waals surface area contributed by atoms with Crippen molar-refractivity contribution in [1.29, 1.82) is 0 Å². The topological polar surface area (TPSA) is 68.3 Å². The Kier molecular flexibility index (Phi) is 10.8. The zero-order chi connectivity index (χ0) is 27.5. The lowest BCUT2D eigenvalue weighted by Gasteiger charge is -2.34. The van der Waals surface area contributed by atoms with Crippen molar-refractivity contribution < 1.29 is 0 Å². The van der Waals surface area contributed by atoms with E-state index in [-0.39, 0.29) is 0 Å². The van der Waals surface area contributed by atoms with Crippen LogP contribution in [0.2, 0.25) is 5.02 Å². The van der Waals surface area contributed by atoms with Gasteiger partial charge in [-0.15, -0.1) is 0 Å². The van der Waals surface area contributed by atoms with Crippen LogP contribution in [0.3, 0.4) is 0 Å². The van der Waals surface area contributed by atoms with Gasteiger partial charge in [0, 0.05) is 57.2 Å². The van der Waals surface area contributed by atoms with Gasteiger partial charge in [-0.25, -0.2) is 9.97 Å². The van der Waals surface area contributed by atoms with Crippen LogP contribution in [0.15, 0.2) is 60.9 Å². The highest BCUT2D eigenvalue weighted by Gasteiger charge is 2.15. The van der Waals surface area contributed by atoms with Crippen molar-refractivity contribution in [3.8, 4) is 0 Å². The van der Waals surface area contributed by atoms with E-state index in [1.165, 1.54) is 18.7 Å². The molecule has 0 aliphatic carbocycles. The van der Waals surface area contributed by atoms with Gasteiger partial charge >= 0.3 is 0 Å². The summed E-state index contributed by atoms with van der Waals surface area (Å²) in [7, 11) is 1.89. The molecule has 0 atom stereocenters. The molecule has 1 fully saturated rings. The van der Waals surface area contributed by atoms with E-state index < -0.39 is 0 Å². The van der Waals surface area contributed by atoms with Crippen molar-refractivity contribution >= 4 is 46.9 Å². The number of hydrogen-bond acceptors (Lipinski definition) is 7. The van der Waals surface area contributed by atoms with Gasteiger partial charge in [0.15, 0.2) is 0 Å². The lowest BCUT2D eigenvalue weighted by atomic mass is 10.1. The quantitative estimate of drug-likeness (QED) is 0.243. The smallest absolute Gasteiger partial charge is 0.140 e.